The molecule has 4 nitrogen and oxygen atoms in total. The van der Waals surface area contributed by atoms with Gasteiger partial charge < -0.3 is 10.2 Å². The fourth-order valence-corrected chi connectivity index (χ4v) is 3.10. The average Bonchev–Trinajstić information content (AvgIpc) is 2.61. The number of nitrogens with zero attached hydrogens (tertiary/aromatic N) is 3. The standard InChI is InChI=1S/C18H23BrN4/c19-16-4-6-18(7-5-16)23-13-11-22(12-14-23)10-9-20-15-17-3-1-2-8-21-17/h1-8,20H,9-15H2. The zero-order chi connectivity index (χ0) is 15.9. The highest BCUT2D eigenvalue weighted by atomic mass is 79.9. The normalized spacial score (nSPS) is 15.8. The number of benzene rings is 1. The topological polar surface area (TPSA) is 31.4 Å². The molecule has 1 aliphatic rings. The van der Waals surface area contributed by atoms with Crippen LogP contribution < -0.4 is 10.2 Å². The lowest BCUT2D eigenvalue weighted by Gasteiger charge is -2.36. The average molecular weight is 375 g/mol. The zero-order valence-corrected chi connectivity index (χ0v) is 14.9. The first-order valence-corrected chi connectivity index (χ1v) is 8.94. The van der Waals surface area contributed by atoms with E-state index in [0.717, 1.165) is 56.0 Å². The Hall–Kier alpha value is -1.43. The molecule has 1 aromatic heterocycles. The number of aromatic nitrogens is 1. The summed E-state index contributed by atoms with van der Waals surface area (Å²) in [6.45, 7) is 7.40. The minimum atomic E-state index is 0.847. The summed E-state index contributed by atoms with van der Waals surface area (Å²) in [5.74, 6) is 0. The lowest BCUT2D eigenvalue weighted by Crippen LogP contribution is -2.48. The largest absolute Gasteiger partial charge is 0.369 e. The van der Waals surface area contributed by atoms with Gasteiger partial charge in [0.2, 0.25) is 0 Å². The van der Waals surface area contributed by atoms with E-state index in [1.807, 2.05) is 18.3 Å². The molecule has 0 atom stereocenters. The van der Waals surface area contributed by atoms with E-state index >= 15 is 0 Å². The third-order valence-corrected chi connectivity index (χ3v) is 4.73. The number of pyridine rings is 1. The number of nitrogens with one attached hydrogen (secondary N) is 1. The second-order valence-corrected chi connectivity index (χ2v) is 6.72. The van der Waals surface area contributed by atoms with Crippen LogP contribution in [0.15, 0.2) is 53.1 Å². The lowest BCUT2D eigenvalue weighted by molar-refractivity contribution is 0.257. The summed E-state index contributed by atoms with van der Waals surface area (Å²) in [4.78, 5) is 9.32. The van der Waals surface area contributed by atoms with Gasteiger partial charge in [-0.2, -0.15) is 0 Å². The quantitative estimate of drug-likeness (QED) is 0.787. The second-order valence-electron chi connectivity index (χ2n) is 5.80. The Morgan fingerprint density at radius 1 is 1.00 bits per heavy atom. The van der Waals surface area contributed by atoms with Crippen molar-refractivity contribution in [3.8, 4) is 0 Å². The lowest BCUT2D eigenvalue weighted by atomic mass is 10.2. The number of halogens is 1. The molecule has 2 heterocycles. The van der Waals surface area contributed by atoms with Gasteiger partial charge in [0.1, 0.15) is 0 Å². The molecule has 2 aromatic rings. The van der Waals surface area contributed by atoms with E-state index in [-0.39, 0.29) is 0 Å². The summed E-state index contributed by atoms with van der Waals surface area (Å²) in [6, 6.07) is 14.7. The fourth-order valence-electron chi connectivity index (χ4n) is 2.84. The van der Waals surface area contributed by atoms with Gasteiger partial charge in [0.25, 0.3) is 0 Å². The van der Waals surface area contributed by atoms with Crippen LogP contribution in [0.3, 0.4) is 0 Å². The third-order valence-electron chi connectivity index (χ3n) is 4.20. The maximum Gasteiger partial charge on any atom is 0.0541 e. The van der Waals surface area contributed by atoms with Gasteiger partial charge in [-0.05, 0) is 36.4 Å². The van der Waals surface area contributed by atoms with Crippen LogP contribution in [0.1, 0.15) is 5.69 Å². The van der Waals surface area contributed by atoms with Gasteiger partial charge in [-0.1, -0.05) is 22.0 Å². The number of piperazine rings is 1. The molecule has 1 saturated heterocycles. The van der Waals surface area contributed by atoms with Gasteiger partial charge in [0.15, 0.2) is 0 Å². The van der Waals surface area contributed by atoms with E-state index in [9.17, 15) is 0 Å². The van der Waals surface area contributed by atoms with Crippen LogP contribution in [0.25, 0.3) is 0 Å². The molecule has 122 valence electrons. The van der Waals surface area contributed by atoms with Crippen LogP contribution in [-0.4, -0.2) is 49.2 Å². The van der Waals surface area contributed by atoms with Crippen molar-refractivity contribution in [1.29, 1.82) is 0 Å². The first-order chi connectivity index (χ1) is 11.3. The summed E-state index contributed by atoms with van der Waals surface area (Å²) in [5, 5.41) is 3.48. The van der Waals surface area contributed by atoms with Crippen molar-refractivity contribution in [2.45, 2.75) is 6.54 Å². The summed E-state index contributed by atoms with van der Waals surface area (Å²) in [5.41, 5.74) is 2.42. The number of hydrogen-bond donors (Lipinski definition) is 1. The molecule has 1 fully saturated rings. The Bertz CT molecular complexity index is 580. The molecular formula is C18H23BrN4. The van der Waals surface area contributed by atoms with Gasteiger partial charge in [0, 0.05) is 62.2 Å². The SMILES string of the molecule is Brc1ccc(N2CCN(CCNCc3ccccn3)CC2)cc1. The molecular weight excluding hydrogens is 352 g/mol. The Morgan fingerprint density at radius 2 is 1.78 bits per heavy atom. The Kier molecular flexibility index (Phi) is 6.02. The maximum absolute atomic E-state index is 4.33. The highest BCUT2D eigenvalue weighted by molar-refractivity contribution is 9.10. The second kappa shape index (κ2) is 8.43. The van der Waals surface area contributed by atoms with Crippen molar-refractivity contribution in [2.75, 3.05) is 44.2 Å². The summed E-state index contributed by atoms with van der Waals surface area (Å²) < 4.78 is 1.14. The van der Waals surface area contributed by atoms with E-state index in [2.05, 4.69) is 66.4 Å². The first-order valence-electron chi connectivity index (χ1n) is 8.15. The Labute approximate surface area is 146 Å². The molecule has 3 rings (SSSR count). The van der Waals surface area contributed by atoms with Crippen LogP contribution >= 0.6 is 15.9 Å². The van der Waals surface area contributed by atoms with E-state index in [1.54, 1.807) is 0 Å². The minimum absolute atomic E-state index is 0.847. The minimum Gasteiger partial charge on any atom is -0.369 e. The maximum atomic E-state index is 4.33. The Morgan fingerprint density at radius 3 is 2.48 bits per heavy atom. The summed E-state index contributed by atoms with van der Waals surface area (Å²) in [6.07, 6.45) is 1.85. The van der Waals surface area contributed by atoms with Crippen LogP contribution in [0.2, 0.25) is 0 Å². The van der Waals surface area contributed by atoms with Crippen molar-refractivity contribution in [1.82, 2.24) is 15.2 Å². The van der Waals surface area contributed by atoms with Crippen molar-refractivity contribution in [3.05, 3.63) is 58.8 Å². The number of rotatable bonds is 6. The molecule has 0 spiro atoms. The van der Waals surface area contributed by atoms with Gasteiger partial charge in [-0.25, -0.2) is 0 Å². The predicted molar refractivity (Wildman–Crippen MR) is 98.7 cm³/mol. The highest BCUT2D eigenvalue weighted by Gasteiger charge is 2.16. The molecule has 0 aliphatic carbocycles. The summed E-state index contributed by atoms with van der Waals surface area (Å²) in [7, 11) is 0. The number of hydrogen-bond acceptors (Lipinski definition) is 4. The number of anilines is 1. The monoisotopic (exact) mass is 374 g/mol. The zero-order valence-electron chi connectivity index (χ0n) is 13.3. The predicted octanol–water partition coefficient (Wildman–Crippen LogP) is 2.76. The smallest absolute Gasteiger partial charge is 0.0541 e. The van der Waals surface area contributed by atoms with E-state index < -0.39 is 0 Å². The molecule has 23 heavy (non-hydrogen) atoms. The van der Waals surface area contributed by atoms with Crippen molar-refractivity contribution < 1.29 is 0 Å². The molecule has 0 bridgehead atoms. The molecule has 1 N–H and O–H groups in total. The van der Waals surface area contributed by atoms with Gasteiger partial charge in [-0.15, -0.1) is 0 Å². The van der Waals surface area contributed by atoms with Gasteiger partial charge in [-0.3, -0.25) is 9.88 Å². The molecule has 0 amide bonds. The highest BCUT2D eigenvalue weighted by Crippen LogP contribution is 2.19. The molecule has 0 saturated carbocycles. The van der Waals surface area contributed by atoms with E-state index in [1.165, 1.54) is 5.69 Å². The van der Waals surface area contributed by atoms with Crippen molar-refractivity contribution in [2.24, 2.45) is 0 Å². The van der Waals surface area contributed by atoms with Crippen molar-refractivity contribution >= 4 is 21.6 Å². The van der Waals surface area contributed by atoms with Crippen molar-refractivity contribution in [3.63, 3.8) is 0 Å². The van der Waals surface area contributed by atoms with Crippen LogP contribution in [0.5, 0.6) is 0 Å². The van der Waals surface area contributed by atoms with E-state index in [4.69, 9.17) is 0 Å². The van der Waals surface area contributed by atoms with Gasteiger partial charge >= 0.3 is 0 Å². The first kappa shape index (κ1) is 16.4. The van der Waals surface area contributed by atoms with Crippen LogP contribution in [0.4, 0.5) is 5.69 Å². The van der Waals surface area contributed by atoms with Crippen LogP contribution in [0, 0.1) is 0 Å². The fraction of sp³-hybridized carbons (Fsp3) is 0.389. The van der Waals surface area contributed by atoms with E-state index in [0.29, 0.717) is 0 Å². The molecule has 0 radical (unpaired) electrons. The molecule has 1 aromatic carbocycles. The molecule has 1 aliphatic heterocycles. The summed E-state index contributed by atoms with van der Waals surface area (Å²) >= 11 is 3.49. The molecule has 5 heteroatoms. The molecule has 0 unspecified atom stereocenters. The third kappa shape index (κ3) is 5.03. The van der Waals surface area contributed by atoms with Crippen LogP contribution in [-0.2, 0) is 6.54 Å². The Balaban J connectivity index is 1.35. The van der Waals surface area contributed by atoms with Gasteiger partial charge in [0.05, 0.1) is 5.69 Å².